The number of benzene rings is 1. The van der Waals surface area contributed by atoms with Crippen molar-refractivity contribution in [3.05, 3.63) is 18.2 Å². The maximum atomic E-state index is 5.86. The second-order valence-corrected chi connectivity index (χ2v) is 4.47. The molecule has 1 atom stereocenters. The molecule has 1 aromatic rings. The minimum absolute atomic E-state index is 0.459. The van der Waals surface area contributed by atoms with Crippen LogP contribution in [0.1, 0.15) is 40.0 Å². The van der Waals surface area contributed by atoms with Crippen LogP contribution in [-0.2, 0) is 0 Å². The van der Waals surface area contributed by atoms with Crippen molar-refractivity contribution in [3.63, 3.8) is 0 Å². The quantitative estimate of drug-likeness (QED) is 0.710. The molecule has 0 saturated heterocycles. The van der Waals surface area contributed by atoms with Crippen LogP contribution in [0.3, 0.4) is 0 Å². The Hall–Kier alpha value is -1.38. The standard InChI is InChI=1S/C14H24N2O/c1-4-6-11(3)16-13-8-12(15)9-14(10-13)17-7-5-2/h8-11,16H,4-7,15H2,1-3H3. The molecule has 0 aliphatic rings. The molecular formula is C14H24N2O. The van der Waals surface area contributed by atoms with E-state index in [1.54, 1.807) is 0 Å². The van der Waals surface area contributed by atoms with Crippen molar-refractivity contribution in [1.82, 2.24) is 0 Å². The van der Waals surface area contributed by atoms with Gasteiger partial charge in [0.05, 0.1) is 6.61 Å². The number of rotatable bonds is 7. The number of ether oxygens (including phenoxy) is 1. The lowest BCUT2D eigenvalue weighted by atomic mass is 10.2. The highest BCUT2D eigenvalue weighted by Gasteiger charge is 2.03. The van der Waals surface area contributed by atoms with E-state index in [4.69, 9.17) is 10.5 Å². The van der Waals surface area contributed by atoms with Crippen LogP contribution in [-0.4, -0.2) is 12.6 Å². The molecule has 3 N–H and O–H groups in total. The SMILES string of the molecule is CCCOc1cc(N)cc(NC(C)CCC)c1. The predicted molar refractivity (Wildman–Crippen MR) is 74.6 cm³/mol. The number of nitrogen functional groups attached to an aromatic ring is 1. The van der Waals surface area contributed by atoms with Crippen LogP contribution in [0.2, 0.25) is 0 Å². The van der Waals surface area contributed by atoms with E-state index in [0.29, 0.717) is 6.04 Å². The summed E-state index contributed by atoms with van der Waals surface area (Å²) in [6.07, 6.45) is 3.33. The minimum atomic E-state index is 0.459. The van der Waals surface area contributed by atoms with Crippen LogP contribution in [0, 0.1) is 0 Å². The largest absolute Gasteiger partial charge is 0.493 e. The predicted octanol–water partition coefficient (Wildman–Crippen LogP) is 3.66. The van der Waals surface area contributed by atoms with E-state index in [1.807, 2.05) is 18.2 Å². The highest BCUT2D eigenvalue weighted by molar-refractivity contribution is 5.59. The molecule has 0 aliphatic heterocycles. The van der Waals surface area contributed by atoms with Crippen LogP contribution in [0.25, 0.3) is 0 Å². The fourth-order valence-corrected chi connectivity index (χ4v) is 1.80. The Morgan fingerprint density at radius 3 is 2.65 bits per heavy atom. The van der Waals surface area contributed by atoms with Gasteiger partial charge in [-0.1, -0.05) is 20.3 Å². The molecule has 0 bridgehead atoms. The highest BCUT2D eigenvalue weighted by Crippen LogP contribution is 2.23. The van der Waals surface area contributed by atoms with Crippen LogP contribution in [0.4, 0.5) is 11.4 Å². The summed E-state index contributed by atoms with van der Waals surface area (Å²) in [5.74, 6) is 0.845. The molecule has 17 heavy (non-hydrogen) atoms. The smallest absolute Gasteiger partial charge is 0.123 e. The summed E-state index contributed by atoms with van der Waals surface area (Å²) in [5.41, 5.74) is 7.64. The van der Waals surface area contributed by atoms with Crippen molar-refractivity contribution >= 4 is 11.4 Å². The molecule has 1 unspecified atom stereocenters. The molecule has 1 rings (SSSR count). The highest BCUT2D eigenvalue weighted by atomic mass is 16.5. The third-order valence-electron chi connectivity index (χ3n) is 2.54. The third-order valence-corrected chi connectivity index (χ3v) is 2.54. The molecule has 0 aliphatic carbocycles. The van der Waals surface area contributed by atoms with E-state index in [-0.39, 0.29) is 0 Å². The zero-order chi connectivity index (χ0) is 12.7. The van der Waals surface area contributed by atoms with Gasteiger partial charge in [-0.2, -0.15) is 0 Å². The van der Waals surface area contributed by atoms with Gasteiger partial charge in [-0.3, -0.25) is 0 Å². The summed E-state index contributed by atoms with van der Waals surface area (Å²) in [6.45, 7) is 7.19. The summed E-state index contributed by atoms with van der Waals surface area (Å²) in [6, 6.07) is 6.29. The molecule has 3 heteroatoms. The van der Waals surface area contributed by atoms with Gasteiger partial charge in [0.15, 0.2) is 0 Å². The molecule has 1 aromatic carbocycles. The van der Waals surface area contributed by atoms with Crippen LogP contribution in [0.15, 0.2) is 18.2 Å². The third kappa shape index (κ3) is 4.98. The van der Waals surface area contributed by atoms with Crippen molar-refractivity contribution < 1.29 is 4.74 Å². The van der Waals surface area contributed by atoms with E-state index < -0.39 is 0 Å². The first-order valence-corrected chi connectivity index (χ1v) is 6.45. The van der Waals surface area contributed by atoms with Crippen LogP contribution < -0.4 is 15.8 Å². The molecule has 0 fully saturated rings. The van der Waals surface area contributed by atoms with Crippen molar-refractivity contribution in [2.45, 2.75) is 46.1 Å². The van der Waals surface area contributed by atoms with E-state index >= 15 is 0 Å². The second kappa shape index (κ2) is 7.05. The number of hydrogen-bond acceptors (Lipinski definition) is 3. The molecule has 0 aromatic heterocycles. The Labute approximate surface area is 104 Å². The molecule has 96 valence electrons. The fourth-order valence-electron chi connectivity index (χ4n) is 1.80. The second-order valence-electron chi connectivity index (χ2n) is 4.47. The fraction of sp³-hybridized carbons (Fsp3) is 0.571. The van der Waals surface area contributed by atoms with Gasteiger partial charge in [0.2, 0.25) is 0 Å². The maximum Gasteiger partial charge on any atom is 0.123 e. The Morgan fingerprint density at radius 2 is 2.00 bits per heavy atom. The first kappa shape index (κ1) is 13.7. The Balaban J connectivity index is 2.67. The van der Waals surface area contributed by atoms with Crippen molar-refractivity contribution in [3.8, 4) is 5.75 Å². The van der Waals surface area contributed by atoms with Crippen molar-refractivity contribution in [2.75, 3.05) is 17.7 Å². The molecule has 0 heterocycles. The number of anilines is 2. The summed E-state index contributed by atoms with van der Waals surface area (Å²) in [5, 5.41) is 3.44. The Bertz CT molecular complexity index is 339. The van der Waals surface area contributed by atoms with E-state index in [1.165, 1.54) is 6.42 Å². The van der Waals surface area contributed by atoms with E-state index in [9.17, 15) is 0 Å². The molecule has 0 radical (unpaired) electrons. The number of hydrogen-bond donors (Lipinski definition) is 2. The first-order chi connectivity index (χ1) is 8.15. The van der Waals surface area contributed by atoms with Crippen molar-refractivity contribution in [2.24, 2.45) is 0 Å². The average Bonchev–Trinajstić information content (AvgIpc) is 2.25. The molecule has 3 nitrogen and oxygen atoms in total. The summed E-state index contributed by atoms with van der Waals surface area (Å²) >= 11 is 0. The van der Waals surface area contributed by atoms with Gasteiger partial charge in [-0.25, -0.2) is 0 Å². The Morgan fingerprint density at radius 1 is 1.24 bits per heavy atom. The van der Waals surface area contributed by atoms with Gasteiger partial charge in [-0.15, -0.1) is 0 Å². The lowest BCUT2D eigenvalue weighted by Crippen LogP contribution is -2.14. The topological polar surface area (TPSA) is 47.3 Å². The molecule has 0 amide bonds. The van der Waals surface area contributed by atoms with Gasteiger partial charge in [0, 0.05) is 29.5 Å². The van der Waals surface area contributed by atoms with Crippen LogP contribution in [0.5, 0.6) is 5.75 Å². The van der Waals surface area contributed by atoms with Gasteiger partial charge >= 0.3 is 0 Å². The lowest BCUT2D eigenvalue weighted by molar-refractivity contribution is 0.318. The average molecular weight is 236 g/mol. The maximum absolute atomic E-state index is 5.86. The minimum Gasteiger partial charge on any atom is -0.493 e. The van der Waals surface area contributed by atoms with E-state index in [0.717, 1.165) is 36.6 Å². The monoisotopic (exact) mass is 236 g/mol. The molecule has 0 saturated carbocycles. The van der Waals surface area contributed by atoms with Gasteiger partial charge in [-0.05, 0) is 25.8 Å². The molecule has 0 spiro atoms. The Kier molecular flexibility index (Phi) is 5.67. The van der Waals surface area contributed by atoms with Gasteiger partial charge < -0.3 is 15.8 Å². The molecular weight excluding hydrogens is 212 g/mol. The number of nitrogens with one attached hydrogen (secondary N) is 1. The first-order valence-electron chi connectivity index (χ1n) is 6.45. The number of nitrogens with two attached hydrogens (primary N) is 1. The lowest BCUT2D eigenvalue weighted by Gasteiger charge is -2.16. The van der Waals surface area contributed by atoms with Gasteiger partial charge in [0.25, 0.3) is 0 Å². The summed E-state index contributed by atoms with van der Waals surface area (Å²) < 4.78 is 5.60. The van der Waals surface area contributed by atoms with Crippen molar-refractivity contribution in [1.29, 1.82) is 0 Å². The van der Waals surface area contributed by atoms with E-state index in [2.05, 4.69) is 26.1 Å². The zero-order valence-electron chi connectivity index (χ0n) is 11.1. The normalized spacial score (nSPS) is 12.2. The van der Waals surface area contributed by atoms with Gasteiger partial charge in [0.1, 0.15) is 5.75 Å². The van der Waals surface area contributed by atoms with Crippen LogP contribution >= 0.6 is 0 Å². The summed E-state index contributed by atoms with van der Waals surface area (Å²) in [4.78, 5) is 0. The summed E-state index contributed by atoms with van der Waals surface area (Å²) in [7, 11) is 0. The zero-order valence-corrected chi connectivity index (χ0v) is 11.1.